The highest BCUT2D eigenvalue weighted by molar-refractivity contribution is 7.90. The monoisotopic (exact) mass is 311 g/mol. The molecule has 0 aromatic heterocycles. The minimum atomic E-state index is -3.50. The molecular formula is C15H25N3O2S. The molecule has 0 radical (unpaired) electrons. The van der Waals surface area contributed by atoms with Gasteiger partial charge < -0.3 is 5.32 Å². The highest BCUT2D eigenvalue weighted by Crippen LogP contribution is 2.24. The molecule has 118 valence electrons. The number of hydrogen-bond acceptors (Lipinski definition) is 3. The number of likely N-dealkylation sites (N-methyl/N-ethyl adjacent to an activating group) is 1. The predicted molar refractivity (Wildman–Crippen MR) is 86.7 cm³/mol. The van der Waals surface area contributed by atoms with Gasteiger partial charge >= 0.3 is 10.2 Å². The van der Waals surface area contributed by atoms with E-state index in [1.165, 1.54) is 0 Å². The molecule has 2 N–H and O–H groups in total. The van der Waals surface area contributed by atoms with Crippen LogP contribution >= 0.6 is 0 Å². The van der Waals surface area contributed by atoms with Crippen molar-refractivity contribution in [2.24, 2.45) is 0 Å². The molecule has 5 nitrogen and oxygen atoms in total. The number of hydrogen-bond donors (Lipinski definition) is 2. The highest BCUT2D eigenvalue weighted by atomic mass is 32.2. The lowest BCUT2D eigenvalue weighted by atomic mass is 10.1. The van der Waals surface area contributed by atoms with Crippen molar-refractivity contribution in [3.63, 3.8) is 0 Å². The summed E-state index contributed by atoms with van der Waals surface area (Å²) in [6, 6.07) is 5.84. The second-order valence-corrected chi connectivity index (χ2v) is 7.37. The van der Waals surface area contributed by atoms with Gasteiger partial charge in [-0.3, -0.25) is 4.72 Å². The van der Waals surface area contributed by atoms with Crippen LogP contribution in [0, 0.1) is 13.8 Å². The van der Waals surface area contributed by atoms with E-state index in [1.54, 1.807) is 4.31 Å². The van der Waals surface area contributed by atoms with Crippen molar-refractivity contribution < 1.29 is 8.42 Å². The number of benzene rings is 1. The number of anilines is 1. The molecule has 0 aliphatic carbocycles. The average Bonchev–Trinajstić information content (AvgIpc) is 2.43. The van der Waals surface area contributed by atoms with Gasteiger partial charge in [-0.1, -0.05) is 18.6 Å². The fraction of sp³-hybridized carbons (Fsp3) is 0.600. The van der Waals surface area contributed by atoms with Gasteiger partial charge in [0.05, 0.1) is 5.69 Å². The Morgan fingerprint density at radius 1 is 1.29 bits per heavy atom. The summed E-state index contributed by atoms with van der Waals surface area (Å²) in [6.07, 6.45) is 2.92. The lowest BCUT2D eigenvalue weighted by molar-refractivity contribution is 0.250. The van der Waals surface area contributed by atoms with E-state index >= 15 is 0 Å². The van der Waals surface area contributed by atoms with Crippen LogP contribution in [0.15, 0.2) is 18.2 Å². The molecule has 21 heavy (non-hydrogen) atoms. The Kier molecular flexibility index (Phi) is 5.24. The standard InChI is InChI=1S/C15H25N3O2S/c1-12-7-8-13(2)15(10-12)17-21(19,20)18-9-5-4-6-14(18)11-16-3/h7-8,10,14,16-17H,4-6,9,11H2,1-3H3. The summed E-state index contributed by atoms with van der Waals surface area (Å²) in [5, 5.41) is 3.09. The number of rotatable bonds is 5. The van der Waals surface area contributed by atoms with Gasteiger partial charge in [-0.25, -0.2) is 0 Å². The lowest BCUT2D eigenvalue weighted by Crippen LogP contribution is -2.50. The van der Waals surface area contributed by atoms with Gasteiger partial charge in [0, 0.05) is 19.1 Å². The molecule has 6 heteroatoms. The zero-order valence-corrected chi connectivity index (χ0v) is 13.8. The van der Waals surface area contributed by atoms with E-state index in [0.717, 1.165) is 30.4 Å². The van der Waals surface area contributed by atoms with Crippen LogP contribution in [0.4, 0.5) is 5.69 Å². The molecule has 1 aromatic rings. The van der Waals surface area contributed by atoms with Gasteiger partial charge in [-0.15, -0.1) is 0 Å². The van der Waals surface area contributed by atoms with Gasteiger partial charge in [-0.2, -0.15) is 12.7 Å². The second-order valence-electron chi connectivity index (χ2n) is 5.74. The van der Waals surface area contributed by atoms with Gasteiger partial charge in [0.2, 0.25) is 0 Å². The fourth-order valence-corrected chi connectivity index (χ4v) is 4.33. The summed E-state index contributed by atoms with van der Waals surface area (Å²) >= 11 is 0. The van der Waals surface area contributed by atoms with Crippen LogP contribution in [0.3, 0.4) is 0 Å². The number of nitrogens with one attached hydrogen (secondary N) is 2. The fourth-order valence-electron chi connectivity index (χ4n) is 2.77. The zero-order valence-electron chi connectivity index (χ0n) is 13.0. The summed E-state index contributed by atoms with van der Waals surface area (Å²) in [7, 11) is -1.65. The maximum Gasteiger partial charge on any atom is 0.301 e. The van der Waals surface area contributed by atoms with Crippen molar-refractivity contribution in [2.45, 2.75) is 39.2 Å². The normalized spacial score (nSPS) is 20.4. The van der Waals surface area contributed by atoms with Crippen molar-refractivity contribution in [1.29, 1.82) is 0 Å². The first kappa shape index (κ1) is 16.3. The SMILES string of the molecule is CNCC1CCCCN1S(=O)(=O)Nc1cc(C)ccc1C. The third-order valence-corrected chi connectivity index (χ3v) is 5.53. The summed E-state index contributed by atoms with van der Waals surface area (Å²) in [6.45, 7) is 5.15. The Hall–Kier alpha value is -1.11. The van der Waals surface area contributed by atoms with E-state index in [0.29, 0.717) is 18.8 Å². The first-order valence-electron chi connectivity index (χ1n) is 7.45. The van der Waals surface area contributed by atoms with E-state index < -0.39 is 10.2 Å². The molecular weight excluding hydrogens is 286 g/mol. The van der Waals surface area contributed by atoms with Crippen LogP contribution in [0.5, 0.6) is 0 Å². The van der Waals surface area contributed by atoms with Gasteiger partial charge in [0.25, 0.3) is 0 Å². The Morgan fingerprint density at radius 2 is 2.05 bits per heavy atom. The van der Waals surface area contributed by atoms with Crippen LogP contribution in [-0.2, 0) is 10.2 Å². The molecule has 0 saturated carbocycles. The summed E-state index contributed by atoms with van der Waals surface area (Å²) in [5.41, 5.74) is 2.65. The molecule has 1 fully saturated rings. The smallest absolute Gasteiger partial charge is 0.301 e. The third-order valence-electron chi connectivity index (χ3n) is 3.95. The Labute approximate surface area is 127 Å². The largest absolute Gasteiger partial charge is 0.318 e. The molecule has 1 aliphatic heterocycles. The highest BCUT2D eigenvalue weighted by Gasteiger charge is 2.32. The maximum absolute atomic E-state index is 12.7. The van der Waals surface area contributed by atoms with E-state index in [9.17, 15) is 8.42 Å². The lowest BCUT2D eigenvalue weighted by Gasteiger charge is -2.34. The first-order chi connectivity index (χ1) is 9.94. The number of nitrogens with zero attached hydrogens (tertiary/aromatic N) is 1. The van der Waals surface area contributed by atoms with Crippen LogP contribution in [0.2, 0.25) is 0 Å². The number of aryl methyl sites for hydroxylation is 2. The van der Waals surface area contributed by atoms with Gasteiger partial charge in [0.15, 0.2) is 0 Å². The first-order valence-corrected chi connectivity index (χ1v) is 8.89. The quantitative estimate of drug-likeness (QED) is 0.875. The van der Waals surface area contributed by atoms with E-state index in [4.69, 9.17) is 0 Å². The van der Waals surface area contributed by atoms with Crippen LogP contribution < -0.4 is 10.0 Å². The summed E-state index contributed by atoms with van der Waals surface area (Å²) in [5.74, 6) is 0. The number of piperidine rings is 1. The minimum Gasteiger partial charge on any atom is -0.318 e. The van der Waals surface area contributed by atoms with Crippen molar-refractivity contribution in [2.75, 3.05) is 24.9 Å². The molecule has 1 aromatic carbocycles. The van der Waals surface area contributed by atoms with Crippen LogP contribution in [0.1, 0.15) is 30.4 Å². The molecule has 1 aliphatic rings. The van der Waals surface area contributed by atoms with Crippen molar-refractivity contribution in [3.05, 3.63) is 29.3 Å². The van der Waals surface area contributed by atoms with Crippen molar-refractivity contribution in [3.8, 4) is 0 Å². The van der Waals surface area contributed by atoms with E-state index in [-0.39, 0.29) is 6.04 Å². The Bertz CT molecular complexity index is 585. The van der Waals surface area contributed by atoms with Gasteiger partial charge in [-0.05, 0) is 50.9 Å². The molecule has 0 spiro atoms. The van der Waals surface area contributed by atoms with E-state index in [1.807, 2.05) is 39.1 Å². The van der Waals surface area contributed by atoms with Crippen LogP contribution in [0.25, 0.3) is 0 Å². The van der Waals surface area contributed by atoms with Gasteiger partial charge in [0.1, 0.15) is 0 Å². The molecule has 1 heterocycles. The van der Waals surface area contributed by atoms with Crippen LogP contribution in [-0.4, -0.2) is 38.9 Å². The zero-order chi connectivity index (χ0) is 15.5. The molecule has 1 unspecified atom stereocenters. The third kappa shape index (κ3) is 3.96. The Balaban J connectivity index is 2.22. The maximum atomic E-state index is 12.7. The molecule has 2 rings (SSSR count). The average molecular weight is 311 g/mol. The molecule has 1 saturated heterocycles. The van der Waals surface area contributed by atoms with Crippen molar-refractivity contribution >= 4 is 15.9 Å². The predicted octanol–water partition coefficient (Wildman–Crippen LogP) is 2.03. The van der Waals surface area contributed by atoms with Crippen molar-refractivity contribution in [1.82, 2.24) is 9.62 Å². The molecule has 1 atom stereocenters. The minimum absolute atomic E-state index is 0.0337. The summed E-state index contributed by atoms with van der Waals surface area (Å²) in [4.78, 5) is 0. The topological polar surface area (TPSA) is 61.4 Å². The molecule has 0 bridgehead atoms. The second kappa shape index (κ2) is 6.77. The summed E-state index contributed by atoms with van der Waals surface area (Å²) < 4.78 is 29.7. The molecule has 0 amide bonds. The van der Waals surface area contributed by atoms with E-state index in [2.05, 4.69) is 10.0 Å². The Morgan fingerprint density at radius 3 is 2.76 bits per heavy atom.